The maximum absolute atomic E-state index is 12.6. The van der Waals surface area contributed by atoms with E-state index in [1.54, 1.807) is 0 Å². The molecule has 4 heteroatoms. The topological polar surface area (TPSA) is 41.6 Å². The number of nitrogens with zero attached hydrogens (tertiary/aromatic N) is 1. The first-order chi connectivity index (χ1) is 8.68. The highest BCUT2D eigenvalue weighted by molar-refractivity contribution is 5.81. The lowest BCUT2D eigenvalue weighted by atomic mass is 10.1. The molecule has 1 aliphatic heterocycles. The van der Waals surface area contributed by atoms with Gasteiger partial charge in [-0.2, -0.15) is 0 Å². The van der Waals surface area contributed by atoms with Gasteiger partial charge in [-0.1, -0.05) is 26.7 Å². The van der Waals surface area contributed by atoms with Crippen molar-refractivity contribution in [3.05, 3.63) is 0 Å². The van der Waals surface area contributed by atoms with Crippen molar-refractivity contribution in [2.24, 2.45) is 5.92 Å². The van der Waals surface area contributed by atoms with E-state index in [-0.39, 0.29) is 12.0 Å². The van der Waals surface area contributed by atoms with Crippen LogP contribution in [-0.4, -0.2) is 49.2 Å². The minimum atomic E-state index is -0.266. The lowest BCUT2D eigenvalue weighted by Crippen LogP contribution is -2.52. The molecule has 0 aromatic heterocycles. The van der Waals surface area contributed by atoms with Crippen LogP contribution in [0, 0.1) is 5.92 Å². The van der Waals surface area contributed by atoms with Gasteiger partial charge in [0.1, 0.15) is 6.10 Å². The molecular weight excluding hydrogens is 228 g/mol. The predicted octanol–water partition coefficient (Wildman–Crippen LogP) is 1.40. The fourth-order valence-electron chi connectivity index (χ4n) is 2.94. The van der Waals surface area contributed by atoms with Gasteiger partial charge in [-0.25, -0.2) is 0 Å². The van der Waals surface area contributed by atoms with Crippen LogP contribution in [0.5, 0.6) is 0 Å². The zero-order chi connectivity index (χ0) is 13.0. The van der Waals surface area contributed by atoms with Gasteiger partial charge < -0.3 is 15.0 Å². The van der Waals surface area contributed by atoms with Crippen molar-refractivity contribution in [1.29, 1.82) is 0 Å². The third-order valence-electron chi connectivity index (χ3n) is 3.81. The summed E-state index contributed by atoms with van der Waals surface area (Å²) in [6.07, 6.45) is 4.59. The van der Waals surface area contributed by atoms with Gasteiger partial charge in [0.15, 0.2) is 0 Å². The summed E-state index contributed by atoms with van der Waals surface area (Å²) < 4.78 is 5.61. The fourth-order valence-corrected chi connectivity index (χ4v) is 2.94. The Hall–Kier alpha value is -0.610. The van der Waals surface area contributed by atoms with E-state index in [4.69, 9.17) is 4.74 Å². The highest BCUT2D eigenvalue weighted by Gasteiger charge is 2.32. The average Bonchev–Trinajstić information content (AvgIpc) is 2.89. The number of carbonyl (C=O) groups is 1. The molecular formula is C14H26N2O2. The van der Waals surface area contributed by atoms with Crippen LogP contribution in [0.2, 0.25) is 0 Å². The summed E-state index contributed by atoms with van der Waals surface area (Å²) in [7, 11) is 0. The highest BCUT2D eigenvalue weighted by Crippen LogP contribution is 2.25. The maximum atomic E-state index is 12.6. The van der Waals surface area contributed by atoms with Gasteiger partial charge >= 0.3 is 0 Å². The number of amides is 1. The molecule has 0 radical (unpaired) electrons. The summed E-state index contributed by atoms with van der Waals surface area (Å²) in [4.78, 5) is 14.7. The van der Waals surface area contributed by atoms with Gasteiger partial charge in [-0.05, 0) is 18.8 Å². The van der Waals surface area contributed by atoms with Crippen LogP contribution in [0.4, 0.5) is 0 Å². The van der Waals surface area contributed by atoms with E-state index in [0.29, 0.717) is 25.1 Å². The summed E-state index contributed by atoms with van der Waals surface area (Å²) in [5, 5.41) is 3.24. The van der Waals surface area contributed by atoms with Crippen molar-refractivity contribution in [2.75, 3.05) is 26.2 Å². The van der Waals surface area contributed by atoms with E-state index < -0.39 is 0 Å². The van der Waals surface area contributed by atoms with Gasteiger partial charge in [0.25, 0.3) is 5.91 Å². The number of hydrogen-bond acceptors (Lipinski definition) is 3. The molecule has 0 aromatic rings. The maximum Gasteiger partial charge on any atom is 0.253 e. The first-order valence-electron chi connectivity index (χ1n) is 7.31. The Bertz CT molecular complexity index is 269. The monoisotopic (exact) mass is 254 g/mol. The number of morpholine rings is 1. The third kappa shape index (κ3) is 3.45. The Labute approximate surface area is 110 Å². The van der Waals surface area contributed by atoms with Crippen molar-refractivity contribution in [2.45, 2.75) is 51.7 Å². The molecule has 18 heavy (non-hydrogen) atoms. The summed E-state index contributed by atoms with van der Waals surface area (Å²) in [5.41, 5.74) is 0. The first-order valence-corrected chi connectivity index (χ1v) is 7.31. The second kappa shape index (κ2) is 6.53. The molecule has 104 valence electrons. The Morgan fingerprint density at radius 2 is 2.11 bits per heavy atom. The van der Waals surface area contributed by atoms with E-state index in [1.165, 1.54) is 25.7 Å². The molecule has 1 aliphatic carbocycles. The Morgan fingerprint density at radius 1 is 1.39 bits per heavy atom. The third-order valence-corrected chi connectivity index (χ3v) is 3.81. The van der Waals surface area contributed by atoms with Gasteiger partial charge in [0.2, 0.25) is 0 Å². The lowest BCUT2D eigenvalue weighted by molar-refractivity contribution is -0.148. The van der Waals surface area contributed by atoms with Crippen molar-refractivity contribution < 1.29 is 9.53 Å². The van der Waals surface area contributed by atoms with Gasteiger partial charge in [0.05, 0.1) is 6.61 Å². The van der Waals surface area contributed by atoms with Gasteiger partial charge in [-0.3, -0.25) is 4.79 Å². The van der Waals surface area contributed by atoms with Crippen LogP contribution in [0.1, 0.15) is 39.5 Å². The van der Waals surface area contributed by atoms with Gasteiger partial charge in [0, 0.05) is 25.7 Å². The minimum Gasteiger partial charge on any atom is -0.366 e. The normalized spacial score (nSPS) is 25.6. The molecule has 1 amide bonds. The van der Waals surface area contributed by atoms with E-state index in [1.807, 2.05) is 0 Å². The lowest BCUT2D eigenvalue weighted by Gasteiger charge is -2.35. The minimum absolute atomic E-state index is 0.197. The SMILES string of the molecule is CC(C)CN(C(=O)C1CNCCO1)C1CCCC1. The summed E-state index contributed by atoms with van der Waals surface area (Å²) in [6.45, 7) is 7.39. The van der Waals surface area contributed by atoms with Crippen molar-refractivity contribution in [1.82, 2.24) is 10.2 Å². The number of nitrogens with one attached hydrogen (secondary N) is 1. The molecule has 0 spiro atoms. The van der Waals surface area contributed by atoms with E-state index in [2.05, 4.69) is 24.1 Å². The summed E-state index contributed by atoms with van der Waals surface area (Å²) >= 11 is 0. The molecule has 2 rings (SSSR count). The molecule has 0 aromatic carbocycles. The zero-order valence-electron chi connectivity index (χ0n) is 11.7. The fraction of sp³-hybridized carbons (Fsp3) is 0.929. The predicted molar refractivity (Wildman–Crippen MR) is 71.4 cm³/mol. The Balaban J connectivity index is 1.99. The van der Waals surface area contributed by atoms with Crippen LogP contribution in [0.25, 0.3) is 0 Å². The summed E-state index contributed by atoms with van der Waals surface area (Å²) in [5.74, 6) is 0.717. The van der Waals surface area contributed by atoms with Crippen LogP contribution >= 0.6 is 0 Å². The van der Waals surface area contributed by atoms with Crippen LogP contribution in [0.15, 0.2) is 0 Å². The number of carbonyl (C=O) groups excluding carboxylic acids is 1. The molecule has 1 heterocycles. The highest BCUT2D eigenvalue weighted by atomic mass is 16.5. The van der Waals surface area contributed by atoms with Crippen molar-refractivity contribution in [3.63, 3.8) is 0 Å². The first kappa shape index (κ1) is 13.8. The van der Waals surface area contributed by atoms with Crippen molar-refractivity contribution >= 4 is 5.91 Å². The second-order valence-electron chi connectivity index (χ2n) is 5.89. The number of ether oxygens (including phenoxy) is 1. The van der Waals surface area contributed by atoms with E-state index >= 15 is 0 Å². The molecule has 2 aliphatic rings. The molecule has 4 nitrogen and oxygen atoms in total. The molecule has 2 fully saturated rings. The van der Waals surface area contributed by atoms with E-state index in [0.717, 1.165) is 13.1 Å². The smallest absolute Gasteiger partial charge is 0.253 e. The van der Waals surface area contributed by atoms with Crippen LogP contribution in [-0.2, 0) is 9.53 Å². The molecule has 1 N–H and O–H groups in total. The molecule has 1 unspecified atom stereocenters. The zero-order valence-corrected chi connectivity index (χ0v) is 11.7. The Morgan fingerprint density at radius 3 is 2.67 bits per heavy atom. The molecule has 1 atom stereocenters. The quantitative estimate of drug-likeness (QED) is 0.824. The van der Waals surface area contributed by atoms with Gasteiger partial charge in [-0.15, -0.1) is 0 Å². The van der Waals surface area contributed by atoms with Crippen molar-refractivity contribution in [3.8, 4) is 0 Å². The molecule has 1 saturated heterocycles. The van der Waals surface area contributed by atoms with Crippen LogP contribution < -0.4 is 5.32 Å². The number of rotatable bonds is 4. The summed E-state index contributed by atoms with van der Waals surface area (Å²) in [6, 6.07) is 0.449. The van der Waals surface area contributed by atoms with E-state index in [9.17, 15) is 4.79 Å². The number of hydrogen-bond donors (Lipinski definition) is 1. The Kier molecular flexibility index (Phi) is 5.01. The largest absolute Gasteiger partial charge is 0.366 e. The second-order valence-corrected chi connectivity index (χ2v) is 5.89. The average molecular weight is 254 g/mol. The standard InChI is InChI=1S/C14H26N2O2/c1-11(2)10-16(12-5-3-4-6-12)14(17)13-9-15-7-8-18-13/h11-13,15H,3-10H2,1-2H3. The molecule has 0 bridgehead atoms. The molecule has 1 saturated carbocycles. The van der Waals surface area contributed by atoms with Crippen LogP contribution in [0.3, 0.4) is 0 Å².